The van der Waals surface area contributed by atoms with Crippen LogP contribution < -0.4 is 0 Å². The van der Waals surface area contributed by atoms with Gasteiger partial charge in [-0.05, 0) is 0 Å². The van der Waals surface area contributed by atoms with Crippen LogP contribution in [0.15, 0.2) is 12.3 Å². The van der Waals surface area contributed by atoms with Crippen molar-refractivity contribution >= 4 is 23.2 Å². The number of carbonyl (C=O) groups excluding carboxylic acids is 1. The van der Waals surface area contributed by atoms with E-state index in [1.807, 2.05) is 0 Å². The van der Waals surface area contributed by atoms with Gasteiger partial charge in [-0.1, -0.05) is 11.6 Å². The molecule has 1 heterocycles. The van der Waals surface area contributed by atoms with Gasteiger partial charge < -0.3 is 4.90 Å². The van der Waals surface area contributed by atoms with E-state index in [2.05, 4.69) is 4.98 Å². The fourth-order valence-corrected chi connectivity index (χ4v) is 1.37. The monoisotopic (exact) mass is 279 g/mol. The largest absolute Gasteiger partial charge is 0.336 e. The van der Waals surface area contributed by atoms with Gasteiger partial charge in [0.1, 0.15) is 11.3 Å². The molecule has 0 aliphatic carbocycles. The Morgan fingerprint density at radius 3 is 2.78 bits per heavy atom. The van der Waals surface area contributed by atoms with Crippen molar-refractivity contribution in [1.29, 1.82) is 0 Å². The lowest BCUT2D eigenvalue weighted by Crippen LogP contribution is -2.31. The standard InChI is InChI=1S/C9H8ClF2N3O3/c1-14(4-7(11)12)9(16)6-2-5(15(17)18)3-13-8(6)10/h2-3,7H,4H2,1H3. The zero-order chi connectivity index (χ0) is 13.9. The second kappa shape index (κ2) is 5.67. The van der Waals surface area contributed by atoms with Gasteiger partial charge in [-0.15, -0.1) is 0 Å². The number of nitrogens with zero attached hydrogens (tertiary/aromatic N) is 3. The van der Waals surface area contributed by atoms with Crippen molar-refractivity contribution in [3.63, 3.8) is 0 Å². The molecule has 0 unspecified atom stereocenters. The highest BCUT2D eigenvalue weighted by atomic mass is 35.5. The van der Waals surface area contributed by atoms with Crippen molar-refractivity contribution in [1.82, 2.24) is 9.88 Å². The molecule has 0 aliphatic heterocycles. The number of pyridine rings is 1. The first-order valence-electron chi connectivity index (χ1n) is 4.66. The molecule has 0 radical (unpaired) electrons. The van der Waals surface area contributed by atoms with Gasteiger partial charge in [0.15, 0.2) is 0 Å². The van der Waals surface area contributed by atoms with E-state index in [1.165, 1.54) is 0 Å². The number of rotatable bonds is 4. The van der Waals surface area contributed by atoms with Gasteiger partial charge in [0.25, 0.3) is 18.0 Å². The molecule has 18 heavy (non-hydrogen) atoms. The molecule has 1 aromatic rings. The molecule has 0 N–H and O–H groups in total. The first-order chi connectivity index (χ1) is 8.32. The minimum atomic E-state index is -2.70. The molecule has 0 atom stereocenters. The smallest absolute Gasteiger partial charge is 0.288 e. The molecule has 0 spiro atoms. The summed E-state index contributed by atoms with van der Waals surface area (Å²) in [5, 5.41) is 10.2. The molecule has 98 valence electrons. The summed E-state index contributed by atoms with van der Waals surface area (Å²) in [5.74, 6) is -0.850. The van der Waals surface area contributed by atoms with Crippen LogP contribution in [0.1, 0.15) is 10.4 Å². The van der Waals surface area contributed by atoms with Gasteiger partial charge in [0.2, 0.25) is 0 Å². The number of halogens is 3. The Kier molecular flexibility index (Phi) is 4.49. The van der Waals surface area contributed by atoms with Crippen LogP contribution in [-0.4, -0.2) is 40.7 Å². The summed E-state index contributed by atoms with van der Waals surface area (Å²) in [6.07, 6.45) is -1.82. The van der Waals surface area contributed by atoms with Crippen molar-refractivity contribution in [2.45, 2.75) is 6.43 Å². The second-order valence-electron chi connectivity index (χ2n) is 3.37. The van der Waals surface area contributed by atoms with Crippen molar-refractivity contribution in [3.05, 3.63) is 33.1 Å². The maximum Gasteiger partial charge on any atom is 0.288 e. The molecule has 0 bridgehead atoms. The lowest BCUT2D eigenvalue weighted by atomic mass is 10.2. The van der Waals surface area contributed by atoms with Crippen LogP contribution in [0.25, 0.3) is 0 Å². The van der Waals surface area contributed by atoms with E-state index in [0.717, 1.165) is 24.2 Å². The van der Waals surface area contributed by atoms with Gasteiger partial charge in [-0.2, -0.15) is 0 Å². The highest BCUT2D eigenvalue weighted by Crippen LogP contribution is 2.20. The third-order valence-electron chi connectivity index (χ3n) is 2.02. The predicted molar refractivity (Wildman–Crippen MR) is 58.9 cm³/mol. The van der Waals surface area contributed by atoms with Gasteiger partial charge in [-0.25, -0.2) is 13.8 Å². The Labute approximate surface area is 105 Å². The van der Waals surface area contributed by atoms with Gasteiger partial charge in [0.05, 0.1) is 17.0 Å². The number of hydrogen-bond acceptors (Lipinski definition) is 4. The van der Waals surface area contributed by atoms with E-state index in [9.17, 15) is 23.7 Å². The number of alkyl halides is 2. The molecular formula is C9H8ClF2N3O3. The molecular weight excluding hydrogens is 272 g/mol. The first-order valence-corrected chi connectivity index (χ1v) is 5.04. The Balaban J connectivity index is 3.04. The molecule has 0 saturated heterocycles. The Hall–Kier alpha value is -1.83. The van der Waals surface area contributed by atoms with Crippen LogP contribution in [0.2, 0.25) is 5.15 Å². The lowest BCUT2D eigenvalue weighted by Gasteiger charge is -2.16. The Bertz CT molecular complexity index is 484. The summed E-state index contributed by atoms with van der Waals surface area (Å²) >= 11 is 5.61. The first kappa shape index (κ1) is 14.2. The van der Waals surface area contributed by atoms with Crippen molar-refractivity contribution in [2.24, 2.45) is 0 Å². The average molecular weight is 280 g/mol. The number of aromatic nitrogens is 1. The maximum atomic E-state index is 12.1. The molecule has 0 saturated carbocycles. The number of amides is 1. The summed E-state index contributed by atoms with van der Waals surface area (Å²) in [4.78, 5) is 25.7. The van der Waals surface area contributed by atoms with E-state index in [1.54, 1.807) is 0 Å². The summed E-state index contributed by atoms with van der Waals surface area (Å²) < 4.78 is 24.2. The molecule has 0 aliphatic rings. The molecule has 1 rings (SSSR count). The zero-order valence-electron chi connectivity index (χ0n) is 9.14. The van der Waals surface area contributed by atoms with E-state index >= 15 is 0 Å². The fraction of sp³-hybridized carbons (Fsp3) is 0.333. The normalized spacial score (nSPS) is 10.5. The number of nitro groups is 1. The topological polar surface area (TPSA) is 76.3 Å². The predicted octanol–water partition coefficient (Wildman–Crippen LogP) is 1.98. The summed E-state index contributed by atoms with van der Waals surface area (Å²) in [6.45, 7) is -0.794. The van der Waals surface area contributed by atoms with Crippen LogP contribution in [0, 0.1) is 10.1 Å². The highest BCUT2D eigenvalue weighted by Gasteiger charge is 2.21. The van der Waals surface area contributed by atoms with Crippen LogP contribution in [0.4, 0.5) is 14.5 Å². The molecule has 1 aromatic heterocycles. The van der Waals surface area contributed by atoms with Crippen molar-refractivity contribution in [2.75, 3.05) is 13.6 Å². The molecule has 0 aromatic carbocycles. The number of hydrogen-bond donors (Lipinski definition) is 0. The van der Waals surface area contributed by atoms with E-state index in [-0.39, 0.29) is 10.7 Å². The maximum absolute atomic E-state index is 12.1. The molecule has 6 nitrogen and oxygen atoms in total. The summed E-state index contributed by atoms with van der Waals surface area (Å²) in [5.41, 5.74) is -0.720. The minimum Gasteiger partial charge on any atom is -0.336 e. The van der Waals surface area contributed by atoms with Crippen LogP contribution >= 0.6 is 11.6 Å². The summed E-state index contributed by atoms with van der Waals surface area (Å²) in [7, 11) is 1.14. The van der Waals surface area contributed by atoms with Crippen LogP contribution in [0.3, 0.4) is 0 Å². The van der Waals surface area contributed by atoms with Crippen molar-refractivity contribution in [3.8, 4) is 0 Å². The molecule has 9 heteroatoms. The second-order valence-corrected chi connectivity index (χ2v) is 3.72. The highest BCUT2D eigenvalue weighted by molar-refractivity contribution is 6.32. The fourth-order valence-electron chi connectivity index (χ4n) is 1.18. The average Bonchev–Trinajstić information content (AvgIpc) is 2.27. The van der Waals surface area contributed by atoms with E-state index in [0.29, 0.717) is 0 Å². The Morgan fingerprint density at radius 1 is 1.67 bits per heavy atom. The lowest BCUT2D eigenvalue weighted by molar-refractivity contribution is -0.385. The minimum absolute atomic E-state index is 0.272. The van der Waals surface area contributed by atoms with Gasteiger partial charge in [-0.3, -0.25) is 14.9 Å². The van der Waals surface area contributed by atoms with Gasteiger partial charge in [0, 0.05) is 13.1 Å². The molecule has 1 amide bonds. The number of carbonyl (C=O) groups is 1. The quantitative estimate of drug-likeness (QED) is 0.480. The van der Waals surface area contributed by atoms with Gasteiger partial charge >= 0.3 is 0 Å². The Morgan fingerprint density at radius 2 is 2.28 bits per heavy atom. The SMILES string of the molecule is CN(CC(F)F)C(=O)c1cc([N+](=O)[O-])cnc1Cl. The zero-order valence-corrected chi connectivity index (χ0v) is 9.90. The van der Waals surface area contributed by atoms with Crippen LogP contribution in [0.5, 0.6) is 0 Å². The third kappa shape index (κ3) is 3.33. The third-order valence-corrected chi connectivity index (χ3v) is 2.33. The molecule has 0 fully saturated rings. The van der Waals surface area contributed by atoms with Crippen LogP contribution in [-0.2, 0) is 0 Å². The van der Waals surface area contributed by atoms with E-state index in [4.69, 9.17) is 11.6 Å². The van der Waals surface area contributed by atoms with Crippen molar-refractivity contribution < 1.29 is 18.5 Å². The van der Waals surface area contributed by atoms with E-state index < -0.39 is 29.5 Å². The summed E-state index contributed by atoms with van der Waals surface area (Å²) in [6, 6.07) is 0.902.